The summed E-state index contributed by atoms with van der Waals surface area (Å²) in [5.74, 6) is -7.28. The summed E-state index contributed by atoms with van der Waals surface area (Å²) in [6, 6.07) is 2.29. The summed E-state index contributed by atoms with van der Waals surface area (Å²) in [5.41, 5.74) is 4.18. The van der Waals surface area contributed by atoms with Gasteiger partial charge >= 0.3 is 17.9 Å². The van der Waals surface area contributed by atoms with Crippen molar-refractivity contribution >= 4 is 35.1 Å². The van der Waals surface area contributed by atoms with Crippen LogP contribution in [-0.2, 0) is 118 Å². The highest BCUT2D eigenvalue weighted by molar-refractivity contribution is 6.39. The van der Waals surface area contributed by atoms with Gasteiger partial charge in [-0.3, -0.25) is 0 Å². The number of phenolic OH excluding ortho intramolecular Hbond substituents is 3. The molecular formula is C70H99Cl2NO36. The molecule has 0 amide bonds. The molecule has 39 heteroatoms. The number of fused-ring (bicyclic) bond motifs is 4. The number of ether oxygens (including phenoxy) is 26. The van der Waals surface area contributed by atoms with Crippen LogP contribution in [0.15, 0.2) is 12.1 Å². The van der Waals surface area contributed by atoms with E-state index in [9.17, 15) is 50.4 Å². The van der Waals surface area contributed by atoms with Gasteiger partial charge in [0.05, 0.1) is 75.0 Å². The van der Waals surface area contributed by atoms with Gasteiger partial charge in [-0.1, -0.05) is 23.2 Å². The number of esters is 2. The molecular weight excluding hydrogens is 1500 g/mol. The van der Waals surface area contributed by atoms with Crippen molar-refractivity contribution in [2.45, 2.75) is 295 Å². The first-order valence-corrected chi connectivity index (χ1v) is 36.8. The Morgan fingerprint density at radius 2 is 1.29 bits per heavy atom. The molecule has 109 heavy (non-hydrogen) atoms. The van der Waals surface area contributed by atoms with Gasteiger partial charge in [-0.15, -0.1) is 0 Å². The molecule has 0 aromatic heterocycles. The maximum Gasteiger partial charge on any atom is 0.342 e. The summed E-state index contributed by atoms with van der Waals surface area (Å²) in [4.78, 5) is 27.6. The Hall–Kier alpha value is -4.00. The molecule has 0 bridgehead atoms. The Labute approximate surface area is 636 Å². The third-order valence-corrected chi connectivity index (χ3v) is 23.0. The van der Waals surface area contributed by atoms with Gasteiger partial charge in [-0.2, -0.15) is 0 Å². The number of phenols is 3. The van der Waals surface area contributed by atoms with Crippen LogP contribution in [-0.4, -0.2) is 328 Å². The summed E-state index contributed by atoms with van der Waals surface area (Å²) in [6.07, 6.45) is -38.0. The summed E-state index contributed by atoms with van der Waals surface area (Å²) >= 11 is 12.8. The van der Waals surface area contributed by atoms with Gasteiger partial charge in [0.2, 0.25) is 0 Å². The molecule has 35 unspecified atom stereocenters. The molecule has 35 atom stereocenters. The van der Waals surface area contributed by atoms with Gasteiger partial charge in [0.1, 0.15) is 138 Å². The number of methoxy groups -OCH3 is 5. The number of rotatable bonds is 20. The Balaban J connectivity index is 0.640. The molecule has 10 N–H and O–H groups in total. The van der Waals surface area contributed by atoms with E-state index >= 15 is 0 Å². The molecule has 0 aliphatic carbocycles. The minimum Gasteiger partial charge on any atom is -0.508 e. The minimum absolute atomic E-state index is 0.107. The van der Waals surface area contributed by atoms with Crippen LogP contribution >= 0.6 is 23.2 Å². The average Bonchev–Trinajstić information content (AvgIpc) is 1.58. The van der Waals surface area contributed by atoms with Gasteiger partial charge in [0, 0.05) is 52.9 Å². The van der Waals surface area contributed by atoms with E-state index in [2.05, 4.69) is 0 Å². The zero-order chi connectivity index (χ0) is 78.6. The SMILES string of the molecule is COCC1OC(OC2OCC3OC4(OCC(OC(=O)c5c(C)cc(O)cc5O)C5OCOC54)OC3C2O)C(OC)C(O)C1OC1OC(C)C(OC)C(OC2OC(C)C3OC4(CC(O)C(OC5CC(OC6CC(C)(N)C(OC)C(C)O6)C(OC(=O)c6c(C)c(Cl)c(O)c(Cl)c6OC)C(C)O5)C(C)O4)OC3(C)C2O)C1O. The standard InChI is InChI=1S/C70H99Cl2NO36/c1-24-15-31(74)16-32(75)40(24)61(82)98-36-22-92-70(60-53(36)90-23-91-60)106-37-21-89-63(46(79)52(37)107-70)104-65-56(87-13)45(78)51(35(99-65)20-84-10)102-64-47(80)55(50(85-11)27(4)95-64)103-66-57(81)68(9)59(30(7)96-66)108-69(109-68)18-33(76)48(28(5)105-69)100-38-17-34(97-39-19-67(8,73)58(88-14)29(6)94-39)49(26(3)93-38)101-62(83)41-25(2)42(71)44(77)43(72)54(41)86-12/h15-16,26-30,33-39,45-53,55-60,63-66,74-81H,17-23,73H2,1-14H3. The molecule has 13 rings (SSSR count). The molecule has 2 aromatic rings. The number of aliphatic hydroxyl groups excluding tert-OH is 5. The Morgan fingerprint density at radius 3 is 1.97 bits per heavy atom. The molecule has 0 radical (unpaired) electrons. The van der Waals surface area contributed by atoms with Crippen molar-refractivity contribution in [3.05, 3.63) is 44.4 Å². The molecule has 614 valence electrons. The third kappa shape index (κ3) is 15.5. The lowest BCUT2D eigenvalue weighted by Crippen LogP contribution is -2.68. The second-order valence-corrected chi connectivity index (χ2v) is 30.5. The summed E-state index contributed by atoms with van der Waals surface area (Å²) in [6.45, 7) is 13.6. The summed E-state index contributed by atoms with van der Waals surface area (Å²) in [5, 5.41) is 91.6. The van der Waals surface area contributed by atoms with Crippen LogP contribution in [0.1, 0.15) is 99.6 Å². The molecule has 11 saturated heterocycles. The van der Waals surface area contributed by atoms with Gasteiger partial charge in [-0.05, 0) is 79.5 Å². The lowest BCUT2D eigenvalue weighted by atomic mass is 9.86. The second kappa shape index (κ2) is 32.6. The van der Waals surface area contributed by atoms with E-state index in [1.165, 1.54) is 55.5 Å². The van der Waals surface area contributed by atoms with Crippen molar-refractivity contribution in [2.75, 3.05) is 62.2 Å². The topological polar surface area (TPSA) is 462 Å². The van der Waals surface area contributed by atoms with E-state index in [0.29, 0.717) is 0 Å². The van der Waals surface area contributed by atoms with Crippen molar-refractivity contribution in [1.82, 2.24) is 0 Å². The van der Waals surface area contributed by atoms with Crippen molar-refractivity contribution in [3.8, 4) is 23.0 Å². The zero-order valence-electron chi connectivity index (χ0n) is 62.3. The Bertz CT molecular complexity index is 3510. The maximum absolute atomic E-state index is 14.3. The zero-order valence-corrected chi connectivity index (χ0v) is 63.9. The van der Waals surface area contributed by atoms with Crippen LogP contribution in [0.2, 0.25) is 10.0 Å². The molecule has 11 fully saturated rings. The predicted octanol–water partition coefficient (Wildman–Crippen LogP) is 0.944. The lowest BCUT2D eigenvalue weighted by Gasteiger charge is -2.50. The number of hydrogen-bond donors (Lipinski definition) is 9. The quantitative estimate of drug-likeness (QED) is 0.0833. The number of aromatic hydroxyl groups is 3. The Morgan fingerprint density at radius 1 is 0.596 bits per heavy atom. The summed E-state index contributed by atoms with van der Waals surface area (Å²) < 4.78 is 160. The van der Waals surface area contributed by atoms with E-state index in [4.69, 9.17) is 152 Å². The minimum atomic E-state index is -2.02. The van der Waals surface area contributed by atoms with E-state index < -0.39 is 237 Å². The number of hydrogen-bond acceptors (Lipinski definition) is 37. The van der Waals surface area contributed by atoms with Crippen molar-refractivity contribution in [1.29, 1.82) is 0 Å². The number of aliphatic hydroxyl groups is 5. The molecule has 2 aromatic carbocycles. The van der Waals surface area contributed by atoms with Crippen LogP contribution in [0.25, 0.3) is 0 Å². The number of benzene rings is 2. The fraction of sp³-hybridized carbons (Fsp3) is 0.800. The van der Waals surface area contributed by atoms with E-state index in [1.54, 1.807) is 41.5 Å². The monoisotopic (exact) mass is 1600 g/mol. The normalized spacial score (nSPS) is 46.3. The molecule has 11 aliphatic rings. The third-order valence-electron chi connectivity index (χ3n) is 22.1. The first kappa shape index (κ1) is 83.0. The number of nitrogens with two attached hydrogens (primary N) is 1. The first-order chi connectivity index (χ1) is 51.6. The Kier molecular flexibility index (Phi) is 24.8. The summed E-state index contributed by atoms with van der Waals surface area (Å²) in [7, 11) is 6.80. The molecule has 11 aliphatic heterocycles. The first-order valence-electron chi connectivity index (χ1n) is 36.0. The van der Waals surface area contributed by atoms with Crippen molar-refractivity contribution in [2.24, 2.45) is 5.73 Å². The molecule has 37 nitrogen and oxygen atoms in total. The van der Waals surface area contributed by atoms with Crippen LogP contribution in [0.5, 0.6) is 23.0 Å². The van der Waals surface area contributed by atoms with Crippen LogP contribution < -0.4 is 10.5 Å². The van der Waals surface area contributed by atoms with E-state index in [0.717, 1.165) is 6.07 Å². The number of aryl methyl sites for hydroxylation is 1. The number of carbonyl (C=O) groups is 2. The van der Waals surface area contributed by atoms with Gasteiger partial charge in [-0.25, -0.2) is 9.59 Å². The van der Waals surface area contributed by atoms with Crippen molar-refractivity contribution in [3.63, 3.8) is 0 Å². The smallest absolute Gasteiger partial charge is 0.342 e. The predicted molar refractivity (Wildman–Crippen MR) is 360 cm³/mol. The largest absolute Gasteiger partial charge is 0.508 e. The van der Waals surface area contributed by atoms with Gasteiger partial charge in [0.15, 0.2) is 67.6 Å². The fourth-order valence-corrected chi connectivity index (χ4v) is 17.4. The number of halogens is 2. The van der Waals surface area contributed by atoms with Gasteiger partial charge < -0.3 is 170 Å². The highest BCUT2D eigenvalue weighted by Gasteiger charge is 2.70. The lowest BCUT2D eigenvalue weighted by molar-refractivity contribution is -0.415. The average molecular weight is 1600 g/mol. The highest BCUT2D eigenvalue weighted by atomic mass is 35.5. The van der Waals surface area contributed by atoms with Crippen LogP contribution in [0.4, 0.5) is 0 Å². The van der Waals surface area contributed by atoms with Gasteiger partial charge in [0.25, 0.3) is 5.97 Å². The molecule has 11 heterocycles. The maximum atomic E-state index is 14.3. The fourth-order valence-electron chi connectivity index (χ4n) is 16.9. The molecule has 0 saturated carbocycles. The van der Waals surface area contributed by atoms with Crippen LogP contribution in [0.3, 0.4) is 0 Å². The molecule has 2 spiro atoms. The highest BCUT2D eigenvalue weighted by Crippen LogP contribution is 2.53. The van der Waals surface area contributed by atoms with Crippen LogP contribution in [0, 0.1) is 13.8 Å². The van der Waals surface area contributed by atoms with Crippen molar-refractivity contribution < 1.29 is 174 Å². The van der Waals surface area contributed by atoms with E-state index in [-0.39, 0.29) is 89.7 Å². The number of carbonyl (C=O) groups excluding carboxylic acids is 2. The second-order valence-electron chi connectivity index (χ2n) is 29.8. The van der Waals surface area contributed by atoms with E-state index in [1.807, 2.05) is 6.92 Å².